The second-order valence-corrected chi connectivity index (χ2v) is 6.75. The highest BCUT2D eigenvalue weighted by molar-refractivity contribution is 7.09. The molecule has 2 aromatic rings. The zero-order valence-electron chi connectivity index (χ0n) is 12.8. The van der Waals surface area contributed by atoms with Crippen molar-refractivity contribution in [1.29, 1.82) is 0 Å². The Bertz CT molecular complexity index is 502. The quantitative estimate of drug-likeness (QED) is 0.829. The molecule has 0 radical (unpaired) electrons. The van der Waals surface area contributed by atoms with Gasteiger partial charge in [-0.3, -0.25) is 0 Å². The number of nitrogens with zero attached hydrogens (tertiary/aromatic N) is 1. The van der Waals surface area contributed by atoms with Gasteiger partial charge in [-0.1, -0.05) is 38.1 Å². The average molecular weight is 288 g/mol. The summed E-state index contributed by atoms with van der Waals surface area (Å²) in [7, 11) is 0. The van der Waals surface area contributed by atoms with Gasteiger partial charge in [-0.05, 0) is 37.3 Å². The van der Waals surface area contributed by atoms with Crippen LogP contribution in [0.1, 0.15) is 55.9 Å². The van der Waals surface area contributed by atoms with Crippen molar-refractivity contribution in [2.24, 2.45) is 5.92 Å². The SMILES string of the molecule is CC(C)Cc1ccc(C(C)NC(C)c2nccs2)cc1. The van der Waals surface area contributed by atoms with Crippen LogP contribution in [0, 0.1) is 5.92 Å². The summed E-state index contributed by atoms with van der Waals surface area (Å²) >= 11 is 1.70. The van der Waals surface area contributed by atoms with Gasteiger partial charge < -0.3 is 5.32 Å². The van der Waals surface area contributed by atoms with E-state index in [0.717, 1.165) is 11.4 Å². The van der Waals surface area contributed by atoms with Gasteiger partial charge in [-0.15, -0.1) is 11.3 Å². The number of hydrogen-bond acceptors (Lipinski definition) is 3. The molecule has 1 aromatic carbocycles. The molecular weight excluding hydrogens is 264 g/mol. The highest BCUT2D eigenvalue weighted by atomic mass is 32.1. The van der Waals surface area contributed by atoms with Crippen molar-refractivity contribution in [3.63, 3.8) is 0 Å². The summed E-state index contributed by atoms with van der Waals surface area (Å²) in [5.74, 6) is 0.710. The predicted octanol–water partition coefficient (Wildman–Crippen LogP) is 4.75. The Balaban J connectivity index is 1.97. The molecule has 1 heterocycles. The molecule has 0 spiro atoms. The van der Waals surface area contributed by atoms with E-state index in [0.29, 0.717) is 18.0 Å². The summed E-state index contributed by atoms with van der Waals surface area (Å²) in [5, 5.41) is 6.78. The molecule has 2 rings (SSSR count). The van der Waals surface area contributed by atoms with Gasteiger partial charge in [0.05, 0.1) is 6.04 Å². The van der Waals surface area contributed by atoms with Crippen molar-refractivity contribution in [3.8, 4) is 0 Å². The summed E-state index contributed by atoms with van der Waals surface area (Å²) in [6, 6.07) is 9.61. The molecule has 1 N–H and O–H groups in total. The van der Waals surface area contributed by atoms with Gasteiger partial charge >= 0.3 is 0 Å². The number of thiazole rings is 1. The van der Waals surface area contributed by atoms with Gasteiger partial charge in [-0.25, -0.2) is 4.98 Å². The highest BCUT2D eigenvalue weighted by Gasteiger charge is 2.12. The third-order valence-electron chi connectivity index (χ3n) is 3.45. The zero-order valence-corrected chi connectivity index (χ0v) is 13.6. The van der Waals surface area contributed by atoms with E-state index < -0.39 is 0 Å². The fourth-order valence-corrected chi connectivity index (χ4v) is 3.06. The Morgan fingerprint density at radius 2 is 1.75 bits per heavy atom. The van der Waals surface area contributed by atoms with Crippen LogP contribution in [0.3, 0.4) is 0 Å². The van der Waals surface area contributed by atoms with Crippen molar-refractivity contribution >= 4 is 11.3 Å². The van der Waals surface area contributed by atoms with Crippen molar-refractivity contribution in [3.05, 3.63) is 52.0 Å². The standard InChI is InChI=1S/C17H24N2S/c1-12(2)11-15-5-7-16(8-6-15)13(3)19-14(4)17-18-9-10-20-17/h5-10,12-14,19H,11H2,1-4H3. The van der Waals surface area contributed by atoms with E-state index >= 15 is 0 Å². The Labute approximate surface area is 126 Å². The van der Waals surface area contributed by atoms with E-state index in [4.69, 9.17) is 0 Å². The van der Waals surface area contributed by atoms with Crippen molar-refractivity contribution in [2.75, 3.05) is 0 Å². The molecule has 2 nitrogen and oxygen atoms in total. The minimum Gasteiger partial charge on any atom is -0.302 e. The van der Waals surface area contributed by atoms with E-state index in [1.54, 1.807) is 11.3 Å². The smallest absolute Gasteiger partial charge is 0.109 e. The molecule has 0 fully saturated rings. The minimum atomic E-state index is 0.292. The molecule has 0 amide bonds. The third kappa shape index (κ3) is 4.15. The van der Waals surface area contributed by atoms with Crippen LogP contribution in [-0.4, -0.2) is 4.98 Å². The molecule has 0 saturated carbocycles. The molecule has 1 aromatic heterocycles. The molecule has 108 valence electrons. The molecule has 0 aliphatic heterocycles. The van der Waals surface area contributed by atoms with E-state index in [1.807, 2.05) is 11.6 Å². The fourth-order valence-electron chi connectivity index (χ4n) is 2.40. The number of aromatic nitrogens is 1. The Morgan fingerprint density at radius 1 is 1.05 bits per heavy atom. The Kier molecular flexibility index (Phi) is 5.32. The lowest BCUT2D eigenvalue weighted by molar-refractivity contribution is 0.493. The van der Waals surface area contributed by atoms with E-state index in [-0.39, 0.29) is 0 Å². The Hall–Kier alpha value is -1.19. The lowest BCUT2D eigenvalue weighted by Gasteiger charge is -2.19. The molecule has 0 bridgehead atoms. The van der Waals surface area contributed by atoms with E-state index in [9.17, 15) is 0 Å². The maximum absolute atomic E-state index is 4.37. The molecule has 20 heavy (non-hydrogen) atoms. The topological polar surface area (TPSA) is 24.9 Å². The largest absolute Gasteiger partial charge is 0.302 e. The molecule has 3 heteroatoms. The molecule has 2 unspecified atom stereocenters. The fraction of sp³-hybridized carbons (Fsp3) is 0.471. The first-order valence-corrected chi connectivity index (χ1v) is 8.18. The number of nitrogens with one attached hydrogen (secondary N) is 1. The first-order valence-electron chi connectivity index (χ1n) is 7.30. The maximum atomic E-state index is 4.37. The molecule has 2 atom stereocenters. The number of hydrogen-bond donors (Lipinski definition) is 1. The third-order valence-corrected chi connectivity index (χ3v) is 4.40. The van der Waals surface area contributed by atoms with Gasteiger partial charge in [0.25, 0.3) is 0 Å². The van der Waals surface area contributed by atoms with Crippen LogP contribution in [-0.2, 0) is 6.42 Å². The predicted molar refractivity (Wildman–Crippen MR) is 87.1 cm³/mol. The lowest BCUT2D eigenvalue weighted by atomic mass is 10.00. The average Bonchev–Trinajstić information content (AvgIpc) is 2.92. The van der Waals surface area contributed by atoms with E-state index in [1.165, 1.54) is 11.1 Å². The van der Waals surface area contributed by atoms with Crippen molar-refractivity contribution < 1.29 is 0 Å². The normalized spacial score (nSPS) is 14.4. The van der Waals surface area contributed by atoms with Gasteiger partial charge in [0, 0.05) is 17.6 Å². The summed E-state index contributed by atoms with van der Waals surface area (Å²) in [4.78, 5) is 4.37. The molecule has 0 aliphatic carbocycles. The van der Waals surface area contributed by atoms with Crippen LogP contribution >= 0.6 is 11.3 Å². The van der Waals surface area contributed by atoms with Crippen molar-refractivity contribution in [1.82, 2.24) is 10.3 Å². The van der Waals surface area contributed by atoms with E-state index in [2.05, 4.69) is 62.3 Å². The molecule has 0 aliphatic rings. The first-order chi connectivity index (χ1) is 9.56. The van der Waals surface area contributed by atoms with Crippen LogP contribution in [0.2, 0.25) is 0 Å². The Morgan fingerprint density at radius 3 is 2.30 bits per heavy atom. The van der Waals surface area contributed by atoms with Crippen molar-refractivity contribution in [2.45, 2.75) is 46.2 Å². The van der Waals surface area contributed by atoms with Gasteiger partial charge in [-0.2, -0.15) is 0 Å². The highest BCUT2D eigenvalue weighted by Crippen LogP contribution is 2.21. The van der Waals surface area contributed by atoms with Gasteiger partial charge in [0.15, 0.2) is 0 Å². The van der Waals surface area contributed by atoms with Crippen LogP contribution in [0.15, 0.2) is 35.8 Å². The van der Waals surface area contributed by atoms with Gasteiger partial charge in [0.2, 0.25) is 0 Å². The minimum absolute atomic E-state index is 0.292. The monoisotopic (exact) mass is 288 g/mol. The first kappa shape index (κ1) is 15.2. The summed E-state index contributed by atoms with van der Waals surface area (Å²) < 4.78 is 0. The number of benzene rings is 1. The van der Waals surface area contributed by atoms with Gasteiger partial charge in [0.1, 0.15) is 5.01 Å². The summed E-state index contributed by atoms with van der Waals surface area (Å²) in [6.07, 6.45) is 3.02. The second-order valence-electron chi connectivity index (χ2n) is 5.82. The maximum Gasteiger partial charge on any atom is 0.109 e. The molecule has 0 saturated heterocycles. The van der Waals surface area contributed by atoms with Crippen LogP contribution < -0.4 is 5.32 Å². The lowest BCUT2D eigenvalue weighted by Crippen LogP contribution is -2.22. The zero-order chi connectivity index (χ0) is 14.5. The summed E-state index contributed by atoms with van der Waals surface area (Å²) in [6.45, 7) is 8.89. The second kappa shape index (κ2) is 7.00. The van der Waals surface area contributed by atoms with Crippen LogP contribution in [0.4, 0.5) is 0 Å². The van der Waals surface area contributed by atoms with Crippen LogP contribution in [0.5, 0.6) is 0 Å². The molecular formula is C17H24N2S. The van der Waals surface area contributed by atoms with Crippen LogP contribution in [0.25, 0.3) is 0 Å². The summed E-state index contributed by atoms with van der Waals surface area (Å²) in [5.41, 5.74) is 2.75. The number of rotatable bonds is 6.